The third kappa shape index (κ3) is 4.41. The Labute approximate surface area is 113 Å². The Balaban J connectivity index is 2.55. The fourth-order valence-electron chi connectivity index (χ4n) is 1.56. The maximum atomic E-state index is 9.36. The molecular weight excluding hydrogens is 278 g/mol. The van der Waals surface area contributed by atoms with Crippen LogP contribution in [0.1, 0.15) is 38.8 Å². The first-order chi connectivity index (χ1) is 8.00. The van der Waals surface area contributed by atoms with E-state index in [4.69, 9.17) is 0 Å². The molecule has 1 rings (SSSR count). The van der Waals surface area contributed by atoms with Gasteiger partial charge in [0.15, 0.2) is 0 Å². The topological polar surface area (TPSA) is 32.3 Å². The van der Waals surface area contributed by atoms with E-state index in [-0.39, 0.29) is 12.0 Å². The van der Waals surface area contributed by atoms with Crippen LogP contribution in [0.25, 0.3) is 0 Å². The van der Waals surface area contributed by atoms with E-state index in [2.05, 4.69) is 66.3 Å². The second-order valence-electron chi connectivity index (χ2n) is 4.98. The maximum Gasteiger partial charge on any atom is 0.0496 e. The molecule has 0 saturated carbocycles. The van der Waals surface area contributed by atoms with Gasteiger partial charge in [0.05, 0.1) is 0 Å². The van der Waals surface area contributed by atoms with Crippen molar-refractivity contribution in [3.05, 3.63) is 34.3 Å². The summed E-state index contributed by atoms with van der Waals surface area (Å²) in [6.07, 6.45) is 0.976. The van der Waals surface area contributed by atoms with Gasteiger partial charge in [-0.05, 0) is 31.0 Å². The second kappa shape index (κ2) is 6.53. The molecule has 0 fully saturated rings. The maximum absolute atomic E-state index is 9.36. The molecule has 2 nitrogen and oxygen atoms in total. The van der Waals surface area contributed by atoms with Crippen LogP contribution in [0.3, 0.4) is 0 Å². The molecule has 0 bridgehead atoms. The minimum absolute atomic E-state index is 0.0242. The summed E-state index contributed by atoms with van der Waals surface area (Å²) < 4.78 is 1.10. The standard InChI is InChI=1S/C14H22BrNO/c1-4-14(3,10-17)9-16-11(2)12-5-7-13(15)8-6-12/h5-8,11,16-17H,4,9-10H2,1-3H3/t11-,14?/m1/s1. The zero-order valence-electron chi connectivity index (χ0n) is 10.8. The lowest BCUT2D eigenvalue weighted by atomic mass is 9.88. The second-order valence-corrected chi connectivity index (χ2v) is 5.89. The minimum Gasteiger partial charge on any atom is -0.396 e. The molecule has 0 heterocycles. The zero-order chi connectivity index (χ0) is 12.9. The smallest absolute Gasteiger partial charge is 0.0496 e. The molecule has 0 spiro atoms. The fourth-order valence-corrected chi connectivity index (χ4v) is 1.83. The van der Waals surface area contributed by atoms with Crippen molar-refractivity contribution in [3.8, 4) is 0 Å². The number of nitrogens with one attached hydrogen (secondary N) is 1. The van der Waals surface area contributed by atoms with Crippen LogP contribution in [0.4, 0.5) is 0 Å². The van der Waals surface area contributed by atoms with E-state index < -0.39 is 0 Å². The summed E-state index contributed by atoms with van der Waals surface area (Å²) in [6.45, 7) is 7.42. The molecule has 2 atom stereocenters. The first-order valence-electron chi connectivity index (χ1n) is 6.10. The highest BCUT2D eigenvalue weighted by molar-refractivity contribution is 9.10. The molecule has 1 unspecified atom stereocenters. The van der Waals surface area contributed by atoms with Gasteiger partial charge in [-0.1, -0.05) is 41.9 Å². The van der Waals surface area contributed by atoms with Crippen LogP contribution >= 0.6 is 15.9 Å². The summed E-state index contributed by atoms with van der Waals surface area (Å²) in [7, 11) is 0. The van der Waals surface area contributed by atoms with E-state index in [0.29, 0.717) is 6.04 Å². The zero-order valence-corrected chi connectivity index (χ0v) is 12.4. The molecule has 0 saturated heterocycles. The Morgan fingerprint density at radius 3 is 2.41 bits per heavy atom. The summed E-state index contributed by atoms with van der Waals surface area (Å²) in [5.41, 5.74) is 1.24. The molecular formula is C14H22BrNO. The monoisotopic (exact) mass is 299 g/mol. The van der Waals surface area contributed by atoms with Gasteiger partial charge >= 0.3 is 0 Å². The molecule has 0 radical (unpaired) electrons. The predicted molar refractivity (Wildman–Crippen MR) is 76.0 cm³/mol. The molecule has 0 aliphatic rings. The number of halogens is 1. The van der Waals surface area contributed by atoms with Gasteiger partial charge in [0.2, 0.25) is 0 Å². The normalized spacial score (nSPS) is 16.5. The summed E-state index contributed by atoms with van der Waals surface area (Å²) in [5.74, 6) is 0. The average Bonchev–Trinajstić information content (AvgIpc) is 2.36. The van der Waals surface area contributed by atoms with Gasteiger partial charge in [0, 0.05) is 29.1 Å². The molecule has 0 amide bonds. The molecule has 17 heavy (non-hydrogen) atoms. The van der Waals surface area contributed by atoms with Crippen LogP contribution in [0.2, 0.25) is 0 Å². The van der Waals surface area contributed by atoms with Crippen molar-refractivity contribution in [1.29, 1.82) is 0 Å². The first kappa shape index (κ1) is 14.7. The van der Waals surface area contributed by atoms with Crippen molar-refractivity contribution in [2.24, 2.45) is 5.41 Å². The molecule has 0 aromatic heterocycles. The number of benzene rings is 1. The van der Waals surface area contributed by atoms with E-state index in [9.17, 15) is 5.11 Å². The number of aliphatic hydroxyl groups excluding tert-OH is 1. The Morgan fingerprint density at radius 1 is 1.35 bits per heavy atom. The van der Waals surface area contributed by atoms with E-state index in [1.165, 1.54) is 5.56 Å². The van der Waals surface area contributed by atoms with Crippen molar-refractivity contribution in [2.45, 2.75) is 33.2 Å². The number of hydrogen-bond donors (Lipinski definition) is 2. The van der Waals surface area contributed by atoms with Crippen molar-refractivity contribution in [3.63, 3.8) is 0 Å². The SMILES string of the molecule is CCC(C)(CO)CN[C@H](C)c1ccc(Br)cc1. The molecule has 96 valence electrons. The van der Waals surface area contributed by atoms with Gasteiger partial charge in [-0.3, -0.25) is 0 Å². The van der Waals surface area contributed by atoms with Crippen LogP contribution < -0.4 is 5.32 Å². The van der Waals surface area contributed by atoms with Gasteiger partial charge in [0.25, 0.3) is 0 Å². The van der Waals surface area contributed by atoms with Gasteiger partial charge in [-0.25, -0.2) is 0 Å². The van der Waals surface area contributed by atoms with Crippen molar-refractivity contribution >= 4 is 15.9 Å². The number of hydrogen-bond acceptors (Lipinski definition) is 2. The van der Waals surface area contributed by atoms with Crippen LogP contribution in [0.5, 0.6) is 0 Å². The molecule has 3 heteroatoms. The van der Waals surface area contributed by atoms with Gasteiger partial charge in [-0.2, -0.15) is 0 Å². The summed E-state index contributed by atoms with van der Waals surface area (Å²) in [5, 5.41) is 12.8. The fraction of sp³-hybridized carbons (Fsp3) is 0.571. The summed E-state index contributed by atoms with van der Waals surface area (Å²) in [4.78, 5) is 0. The molecule has 1 aromatic carbocycles. The molecule has 1 aromatic rings. The molecule has 2 N–H and O–H groups in total. The van der Waals surface area contributed by atoms with Crippen molar-refractivity contribution < 1.29 is 5.11 Å². The Bertz CT molecular complexity index is 333. The first-order valence-corrected chi connectivity index (χ1v) is 6.90. The lowest BCUT2D eigenvalue weighted by Crippen LogP contribution is -2.35. The summed E-state index contributed by atoms with van der Waals surface area (Å²) >= 11 is 3.43. The van der Waals surface area contributed by atoms with Gasteiger partial charge < -0.3 is 10.4 Å². The number of aliphatic hydroxyl groups is 1. The predicted octanol–water partition coefficient (Wildman–Crippen LogP) is 3.51. The average molecular weight is 300 g/mol. The largest absolute Gasteiger partial charge is 0.396 e. The Morgan fingerprint density at radius 2 is 1.94 bits per heavy atom. The van der Waals surface area contributed by atoms with Crippen LogP contribution in [0, 0.1) is 5.41 Å². The van der Waals surface area contributed by atoms with Crippen molar-refractivity contribution in [2.75, 3.05) is 13.2 Å². The Hall–Kier alpha value is -0.380. The van der Waals surface area contributed by atoms with E-state index in [1.807, 2.05) is 0 Å². The van der Waals surface area contributed by atoms with Crippen molar-refractivity contribution in [1.82, 2.24) is 5.32 Å². The van der Waals surface area contributed by atoms with Crippen LogP contribution in [-0.4, -0.2) is 18.3 Å². The van der Waals surface area contributed by atoms with Crippen LogP contribution in [0.15, 0.2) is 28.7 Å². The quantitative estimate of drug-likeness (QED) is 0.842. The number of rotatable bonds is 6. The lowest BCUT2D eigenvalue weighted by molar-refractivity contribution is 0.132. The highest BCUT2D eigenvalue weighted by Gasteiger charge is 2.21. The minimum atomic E-state index is -0.0242. The van der Waals surface area contributed by atoms with E-state index in [1.54, 1.807) is 0 Å². The molecule has 0 aliphatic carbocycles. The molecule has 0 aliphatic heterocycles. The van der Waals surface area contributed by atoms with Gasteiger partial charge in [-0.15, -0.1) is 0 Å². The lowest BCUT2D eigenvalue weighted by Gasteiger charge is -2.28. The van der Waals surface area contributed by atoms with Crippen LogP contribution in [-0.2, 0) is 0 Å². The highest BCUT2D eigenvalue weighted by atomic mass is 79.9. The van der Waals surface area contributed by atoms with E-state index >= 15 is 0 Å². The third-order valence-corrected chi connectivity index (χ3v) is 3.97. The highest BCUT2D eigenvalue weighted by Crippen LogP contribution is 2.21. The summed E-state index contributed by atoms with van der Waals surface area (Å²) in [6, 6.07) is 8.64. The van der Waals surface area contributed by atoms with Gasteiger partial charge in [0.1, 0.15) is 0 Å². The van der Waals surface area contributed by atoms with E-state index in [0.717, 1.165) is 17.4 Å². The third-order valence-electron chi connectivity index (χ3n) is 3.44. The Kier molecular flexibility index (Phi) is 5.63.